The molecular formula is C20H17N3O2S. The van der Waals surface area contributed by atoms with Crippen LogP contribution < -0.4 is 10.7 Å². The molecule has 0 saturated carbocycles. The lowest BCUT2D eigenvalue weighted by Gasteiger charge is -2.09. The quantitative estimate of drug-likeness (QED) is 0.367. The van der Waals surface area contributed by atoms with E-state index in [-0.39, 0.29) is 10.7 Å². The van der Waals surface area contributed by atoms with Gasteiger partial charge in [0.2, 0.25) is 0 Å². The largest absolute Gasteiger partial charge is 0.478 e. The molecule has 0 aliphatic heterocycles. The van der Waals surface area contributed by atoms with Crippen LogP contribution in [0.15, 0.2) is 71.8 Å². The molecule has 0 atom stereocenters. The minimum Gasteiger partial charge on any atom is -0.478 e. The van der Waals surface area contributed by atoms with Crippen LogP contribution in [-0.4, -0.2) is 21.9 Å². The van der Waals surface area contributed by atoms with Gasteiger partial charge in [0.05, 0.1) is 11.3 Å². The highest BCUT2D eigenvalue weighted by molar-refractivity contribution is 7.80. The molecule has 0 spiro atoms. The van der Waals surface area contributed by atoms with Gasteiger partial charge in [0, 0.05) is 5.69 Å². The van der Waals surface area contributed by atoms with Crippen LogP contribution in [0.4, 0.5) is 5.69 Å². The Hall–Kier alpha value is -3.25. The highest BCUT2D eigenvalue weighted by Gasteiger charge is 2.04. The number of nitrogens with zero attached hydrogens (tertiary/aromatic N) is 1. The highest BCUT2D eigenvalue weighted by Crippen LogP contribution is 2.16. The summed E-state index contributed by atoms with van der Waals surface area (Å²) in [4.78, 5) is 11.0. The predicted molar refractivity (Wildman–Crippen MR) is 109 cm³/mol. The number of benzene rings is 3. The van der Waals surface area contributed by atoms with E-state index in [0.29, 0.717) is 5.69 Å². The summed E-state index contributed by atoms with van der Waals surface area (Å²) in [5.41, 5.74) is 5.34. The fraction of sp³-hybridized carbons (Fsp3) is 0.0500. The van der Waals surface area contributed by atoms with E-state index in [2.05, 4.69) is 40.1 Å². The first-order chi connectivity index (χ1) is 12.5. The second kappa shape index (κ2) is 7.76. The second-order valence-electron chi connectivity index (χ2n) is 5.71. The SMILES string of the molecule is CC(=NNC(=S)Nc1cccc(C(=O)O)c1)c1ccc2ccccc2c1. The van der Waals surface area contributed by atoms with Crippen molar-refractivity contribution in [3.63, 3.8) is 0 Å². The van der Waals surface area contributed by atoms with Crippen molar-refractivity contribution in [1.29, 1.82) is 0 Å². The summed E-state index contributed by atoms with van der Waals surface area (Å²) in [5, 5.41) is 18.9. The Morgan fingerprint density at radius 2 is 1.73 bits per heavy atom. The number of hydrogen-bond acceptors (Lipinski definition) is 3. The van der Waals surface area contributed by atoms with Gasteiger partial charge in [-0.3, -0.25) is 5.43 Å². The van der Waals surface area contributed by atoms with Crippen LogP contribution in [-0.2, 0) is 0 Å². The third kappa shape index (κ3) is 4.23. The fourth-order valence-electron chi connectivity index (χ4n) is 2.50. The third-order valence-corrected chi connectivity index (χ3v) is 4.05. The van der Waals surface area contributed by atoms with Crippen molar-refractivity contribution in [3.05, 3.63) is 77.9 Å². The molecule has 0 amide bonds. The fourth-order valence-corrected chi connectivity index (χ4v) is 2.67. The van der Waals surface area contributed by atoms with Crippen molar-refractivity contribution in [2.45, 2.75) is 6.92 Å². The highest BCUT2D eigenvalue weighted by atomic mass is 32.1. The van der Waals surface area contributed by atoms with Crippen molar-refractivity contribution >= 4 is 45.5 Å². The maximum atomic E-state index is 11.0. The van der Waals surface area contributed by atoms with Crippen molar-refractivity contribution in [1.82, 2.24) is 5.43 Å². The van der Waals surface area contributed by atoms with Crippen molar-refractivity contribution < 1.29 is 9.90 Å². The zero-order valence-electron chi connectivity index (χ0n) is 14.1. The van der Waals surface area contributed by atoms with E-state index >= 15 is 0 Å². The average Bonchev–Trinajstić information content (AvgIpc) is 2.66. The molecule has 0 unspecified atom stereocenters. The Bertz CT molecular complexity index is 1010. The first kappa shape index (κ1) is 17.6. The minimum absolute atomic E-state index is 0.189. The first-order valence-corrected chi connectivity index (χ1v) is 8.37. The van der Waals surface area contributed by atoms with Gasteiger partial charge in [0.1, 0.15) is 0 Å². The molecule has 0 heterocycles. The van der Waals surface area contributed by atoms with E-state index in [9.17, 15) is 4.79 Å². The van der Waals surface area contributed by atoms with Crippen LogP contribution in [0.2, 0.25) is 0 Å². The van der Waals surface area contributed by atoms with Crippen LogP contribution in [0.5, 0.6) is 0 Å². The average molecular weight is 363 g/mol. The van der Waals surface area contributed by atoms with Gasteiger partial charge in [-0.2, -0.15) is 5.10 Å². The molecule has 3 aromatic carbocycles. The molecule has 3 aromatic rings. The zero-order chi connectivity index (χ0) is 18.5. The summed E-state index contributed by atoms with van der Waals surface area (Å²) in [7, 11) is 0. The summed E-state index contributed by atoms with van der Waals surface area (Å²) in [6.07, 6.45) is 0. The smallest absolute Gasteiger partial charge is 0.335 e. The van der Waals surface area contributed by atoms with E-state index in [4.69, 9.17) is 17.3 Å². The van der Waals surface area contributed by atoms with Crippen LogP contribution in [0.3, 0.4) is 0 Å². The molecule has 0 fully saturated rings. The molecule has 26 heavy (non-hydrogen) atoms. The van der Waals surface area contributed by atoms with E-state index < -0.39 is 5.97 Å². The number of hydrogen-bond donors (Lipinski definition) is 3. The zero-order valence-corrected chi connectivity index (χ0v) is 14.9. The van der Waals surface area contributed by atoms with Crippen molar-refractivity contribution in [2.24, 2.45) is 5.10 Å². The van der Waals surface area contributed by atoms with Gasteiger partial charge in [0.25, 0.3) is 0 Å². The number of nitrogens with one attached hydrogen (secondary N) is 2. The lowest BCUT2D eigenvalue weighted by Crippen LogP contribution is -2.25. The molecule has 3 rings (SSSR count). The molecule has 6 heteroatoms. The molecule has 0 aliphatic carbocycles. The maximum Gasteiger partial charge on any atom is 0.335 e. The van der Waals surface area contributed by atoms with Crippen LogP contribution >= 0.6 is 12.2 Å². The van der Waals surface area contributed by atoms with Crippen LogP contribution in [0, 0.1) is 0 Å². The molecule has 0 aliphatic rings. The number of carboxylic acid groups (broad SMARTS) is 1. The Balaban J connectivity index is 1.68. The summed E-state index contributed by atoms with van der Waals surface area (Å²) < 4.78 is 0. The number of fused-ring (bicyclic) bond motifs is 1. The summed E-state index contributed by atoms with van der Waals surface area (Å²) in [6, 6.07) is 20.7. The number of carboxylic acids is 1. The van der Waals surface area contributed by atoms with E-state index in [1.165, 1.54) is 17.5 Å². The first-order valence-electron chi connectivity index (χ1n) is 7.97. The standard InChI is InChI=1S/C20H17N3O2S/c1-13(15-10-9-14-5-2-3-6-16(14)11-15)22-23-20(26)21-18-8-4-7-17(12-18)19(24)25/h2-12H,1H3,(H,24,25)(H2,21,23,26). The number of hydrazone groups is 1. The van der Waals surface area contributed by atoms with Gasteiger partial charge in [-0.05, 0) is 59.7 Å². The van der Waals surface area contributed by atoms with Gasteiger partial charge in [-0.1, -0.05) is 42.5 Å². The lowest BCUT2D eigenvalue weighted by molar-refractivity contribution is 0.0697. The minimum atomic E-state index is -0.988. The topological polar surface area (TPSA) is 73.7 Å². The molecule has 3 N–H and O–H groups in total. The molecule has 5 nitrogen and oxygen atoms in total. The van der Waals surface area contributed by atoms with Gasteiger partial charge in [-0.15, -0.1) is 0 Å². The molecule has 0 radical (unpaired) electrons. The number of rotatable bonds is 4. The van der Waals surface area contributed by atoms with Gasteiger partial charge >= 0.3 is 5.97 Å². The Labute approximate surface area is 156 Å². The van der Waals surface area contributed by atoms with Crippen LogP contribution in [0.1, 0.15) is 22.8 Å². The van der Waals surface area contributed by atoms with Crippen LogP contribution in [0.25, 0.3) is 10.8 Å². The molecule has 0 bridgehead atoms. The van der Waals surface area contributed by atoms with E-state index in [1.807, 2.05) is 25.1 Å². The Morgan fingerprint density at radius 3 is 2.50 bits per heavy atom. The molecule has 130 valence electrons. The number of carbonyl (C=O) groups is 1. The normalized spacial score (nSPS) is 11.2. The lowest BCUT2D eigenvalue weighted by atomic mass is 10.0. The van der Waals surface area contributed by atoms with E-state index in [0.717, 1.165) is 16.7 Å². The summed E-state index contributed by atoms with van der Waals surface area (Å²) in [6.45, 7) is 1.89. The molecule has 0 aromatic heterocycles. The summed E-state index contributed by atoms with van der Waals surface area (Å²) in [5.74, 6) is -0.988. The maximum absolute atomic E-state index is 11.0. The molecule has 0 saturated heterocycles. The Kier molecular flexibility index (Phi) is 5.24. The van der Waals surface area contributed by atoms with Gasteiger partial charge < -0.3 is 10.4 Å². The monoisotopic (exact) mass is 363 g/mol. The summed E-state index contributed by atoms with van der Waals surface area (Å²) >= 11 is 5.21. The Morgan fingerprint density at radius 1 is 0.962 bits per heavy atom. The number of thiocarbonyl (C=S) groups is 1. The molecular weight excluding hydrogens is 346 g/mol. The third-order valence-electron chi connectivity index (χ3n) is 3.86. The second-order valence-corrected chi connectivity index (χ2v) is 6.12. The van der Waals surface area contributed by atoms with Crippen molar-refractivity contribution in [3.8, 4) is 0 Å². The number of anilines is 1. The van der Waals surface area contributed by atoms with Gasteiger partial charge in [0.15, 0.2) is 5.11 Å². The van der Waals surface area contributed by atoms with E-state index in [1.54, 1.807) is 12.1 Å². The predicted octanol–water partition coefficient (Wildman–Crippen LogP) is 4.25. The van der Waals surface area contributed by atoms with Gasteiger partial charge in [-0.25, -0.2) is 4.79 Å². The number of aromatic carboxylic acids is 1. The van der Waals surface area contributed by atoms with Crippen molar-refractivity contribution in [2.75, 3.05) is 5.32 Å².